The molecule has 0 aliphatic rings. The van der Waals surface area contributed by atoms with Crippen molar-refractivity contribution in [2.24, 2.45) is 5.92 Å². The molecule has 5 nitrogen and oxygen atoms in total. The number of carbonyl (C=O) groups is 1. The third-order valence-electron chi connectivity index (χ3n) is 2.24. The average Bonchev–Trinajstić information content (AvgIpc) is 2.62. The van der Waals surface area contributed by atoms with Gasteiger partial charge in [0.1, 0.15) is 17.9 Å². The molecule has 0 radical (unpaired) electrons. The van der Waals surface area contributed by atoms with Gasteiger partial charge in [-0.3, -0.25) is 4.79 Å². The highest BCUT2D eigenvalue weighted by atomic mass is 16.1. The van der Waals surface area contributed by atoms with Crippen LogP contribution in [0.5, 0.6) is 0 Å². The van der Waals surface area contributed by atoms with Gasteiger partial charge in [-0.05, 0) is 13.0 Å². The van der Waals surface area contributed by atoms with Crippen LogP contribution in [0.4, 0.5) is 0 Å². The van der Waals surface area contributed by atoms with Gasteiger partial charge in [-0.15, -0.1) is 0 Å². The van der Waals surface area contributed by atoms with Crippen molar-refractivity contribution in [1.82, 2.24) is 20.1 Å². The van der Waals surface area contributed by atoms with Gasteiger partial charge in [-0.1, -0.05) is 13.8 Å². The lowest BCUT2D eigenvalue weighted by Crippen LogP contribution is -2.17. The van der Waals surface area contributed by atoms with Gasteiger partial charge >= 0.3 is 0 Å². The molecule has 0 aliphatic heterocycles. The predicted octanol–water partition coefficient (Wildman–Crippen LogP) is 0.655. The Kier molecular flexibility index (Phi) is 5.11. The maximum absolute atomic E-state index is 11.6. The molecule has 1 aromatic rings. The third-order valence-corrected chi connectivity index (χ3v) is 2.24. The number of rotatable bonds is 7. The van der Waals surface area contributed by atoms with Gasteiger partial charge in [0, 0.05) is 19.5 Å². The Morgan fingerprint density at radius 1 is 1.56 bits per heavy atom. The lowest BCUT2D eigenvalue weighted by Gasteiger charge is -2.07. The minimum Gasteiger partial charge on any atom is -0.319 e. The molecule has 0 saturated heterocycles. The van der Waals surface area contributed by atoms with Gasteiger partial charge in [0.05, 0.1) is 6.42 Å². The molecular weight excluding hydrogens is 204 g/mol. The second-order valence-corrected chi connectivity index (χ2v) is 4.32. The Labute approximate surface area is 96.3 Å². The molecule has 16 heavy (non-hydrogen) atoms. The quantitative estimate of drug-likeness (QED) is 0.739. The number of Topliss-reactive ketones (excluding diaryl/α,β-unsaturated/α-hetero) is 1. The molecule has 0 atom stereocenters. The van der Waals surface area contributed by atoms with Crippen molar-refractivity contribution in [3.8, 4) is 0 Å². The molecule has 5 heteroatoms. The number of hydrogen-bond acceptors (Lipinski definition) is 4. The molecule has 0 unspecified atom stereocenters. The van der Waals surface area contributed by atoms with Crippen molar-refractivity contribution in [3.63, 3.8) is 0 Å². The first-order valence-corrected chi connectivity index (χ1v) is 5.66. The summed E-state index contributed by atoms with van der Waals surface area (Å²) in [6.45, 7) is 5.77. The Balaban J connectivity index is 2.52. The second kappa shape index (κ2) is 6.37. The number of ketones is 1. The summed E-state index contributed by atoms with van der Waals surface area (Å²) in [7, 11) is 1.84. The van der Waals surface area contributed by atoms with E-state index in [1.54, 1.807) is 0 Å². The van der Waals surface area contributed by atoms with Crippen molar-refractivity contribution in [2.75, 3.05) is 13.6 Å². The highest BCUT2D eigenvalue weighted by molar-refractivity contribution is 5.80. The third kappa shape index (κ3) is 4.10. The lowest BCUT2D eigenvalue weighted by molar-refractivity contribution is -0.118. The molecule has 1 N–H and O–H groups in total. The number of nitrogens with one attached hydrogen (secondary N) is 1. The van der Waals surface area contributed by atoms with Gasteiger partial charge in [-0.2, -0.15) is 5.10 Å². The fraction of sp³-hybridized carbons (Fsp3) is 0.727. The monoisotopic (exact) mass is 224 g/mol. The van der Waals surface area contributed by atoms with Crippen molar-refractivity contribution < 1.29 is 4.79 Å². The average molecular weight is 224 g/mol. The van der Waals surface area contributed by atoms with Crippen LogP contribution in [0.2, 0.25) is 0 Å². The van der Waals surface area contributed by atoms with Crippen LogP contribution in [0.25, 0.3) is 0 Å². The zero-order valence-corrected chi connectivity index (χ0v) is 10.2. The van der Waals surface area contributed by atoms with Crippen LogP contribution >= 0.6 is 0 Å². The van der Waals surface area contributed by atoms with Crippen molar-refractivity contribution in [3.05, 3.63) is 12.2 Å². The minimum atomic E-state index is 0.201. The van der Waals surface area contributed by atoms with Crippen LogP contribution < -0.4 is 5.32 Å². The van der Waals surface area contributed by atoms with E-state index in [0.29, 0.717) is 18.8 Å². The van der Waals surface area contributed by atoms with E-state index in [-0.39, 0.29) is 5.78 Å². The van der Waals surface area contributed by atoms with E-state index in [4.69, 9.17) is 0 Å². The summed E-state index contributed by atoms with van der Waals surface area (Å²) in [5, 5.41) is 7.09. The highest BCUT2D eigenvalue weighted by Crippen LogP contribution is 2.03. The first kappa shape index (κ1) is 12.8. The van der Waals surface area contributed by atoms with Crippen LogP contribution in [-0.2, 0) is 17.8 Å². The summed E-state index contributed by atoms with van der Waals surface area (Å²) in [6, 6.07) is 0. The van der Waals surface area contributed by atoms with Crippen molar-refractivity contribution >= 4 is 5.78 Å². The first-order chi connectivity index (χ1) is 7.63. The summed E-state index contributed by atoms with van der Waals surface area (Å²) in [5.41, 5.74) is 0. The van der Waals surface area contributed by atoms with E-state index in [9.17, 15) is 4.79 Å². The predicted molar refractivity (Wildman–Crippen MR) is 62.1 cm³/mol. The normalized spacial score (nSPS) is 11.0. The number of hydrogen-bond donors (Lipinski definition) is 1. The minimum absolute atomic E-state index is 0.201. The van der Waals surface area contributed by atoms with Gasteiger partial charge < -0.3 is 5.32 Å². The Morgan fingerprint density at radius 3 is 2.94 bits per heavy atom. The fourth-order valence-corrected chi connectivity index (χ4v) is 1.45. The Bertz CT molecular complexity index is 332. The van der Waals surface area contributed by atoms with Crippen LogP contribution in [-0.4, -0.2) is 34.1 Å². The lowest BCUT2D eigenvalue weighted by atomic mass is 10.2. The standard InChI is InChI=1S/C11H20N4O/c1-9(2)7-15-11(13-8-14-15)6-10(16)4-5-12-3/h8-9,12H,4-7H2,1-3H3. The van der Waals surface area contributed by atoms with E-state index < -0.39 is 0 Å². The summed E-state index contributed by atoms with van der Waals surface area (Å²) in [6.07, 6.45) is 2.45. The number of nitrogens with zero attached hydrogens (tertiary/aromatic N) is 3. The molecule has 0 aliphatic carbocycles. The summed E-state index contributed by atoms with van der Waals surface area (Å²) < 4.78 is 1.82. The molecule has 0 saturated carbocycles. The van der Waals surface area contributed by atoms with Crippen LogP contribution in [0, 0.1) is 5.92 Å². The largest absolute Gasteiger partial charge is 0.319 e. The topological polar surface area (TPSA) is 59.8 Å². The van der Waals surface area contributed by atoms with Gasteiger partial charge in [0.2, 0.25) is 0 Å². The molecule has 0 amide bonds. The van der Waals surface area contributed by atoms with E-state index in [1.165, 1.54) is 6.33 Å². The molecule has 1 heterocycles. The van der Waals surface area contributed by atoms with E-state index in [0.717, 1.165) is 18.9 Å². The van der Waals surface area contributed by atoms with Gasteiger partial charge in [0.15, 0.2) is 0 Å². The number of aromatic nitrogens is 3. The zero-order valence-electron chi connectivity index (χ0n) is 10.2. The van der Waals surface area contributed by atoms with Crippen LogP contribution in [0.15, 0.2) is 6.33 Å². The van der Waals surface area contributed by atoms with E-state index >= 15 is 0 Å². The summed E-state index contributed by atoms with van der Waals surface area (Å²) in [5.74, 6) is 1.48. The van der Waals surface area contributed by atoms with Crippen molar-refractivity contribution in [1.29, 1.82) is 0 Å². The Morgan fingerprint density at radius 2 is 2.31 bits per heavy atom. The molecule has 90 valence electrons. The molecular formula is C11H20N4O. The van der Waals surface area contributed by atoms with E-state index in [1.807, 2.05) is 11.7 Å². The smallest absolute Gasteiger partial charge is 0.141 e. The SMILES string of the molecule is CNCCC(=O)Cc1ncnn1CC(C)C. The molecule has 0 aromatic carbocycles. The van der Waals surface area contributed by atoms with Crippen molar-refractivity contribution in [2.45, 2.75) is 33.2 Å². The maximum Gasteiger partial charge on any atom is 0.141 e. The van der Waals surface area contributed by atoms with Gasteiger partial charge in [0.25, 0.3) is 0 Å². The molecule has 0 bridgehead atoms. The van der Waals surface area contributed by atoms with E-state index in [2.05, 4.69) is 29.2 Å². The van der Waals surface area contributed by atoms with Gasteiger partial charge in [-0.25, -0.2) is 9.67 Å². The second-order valence-electron chi connectivity index (χ2n) is 4.32. The zero-order chi connectivity index (χ0) is 12.0. The maximum atomic E-state index is 11.6. The summed E-state index contributed by atoms with van der Waals surface area (Å²) >= 11 is 0. The number of carbonyl (C=O) groups excluding carboxylic acids is 1. The summed E-state index contributed by atoms with van der Waals surface area (Å²) in [4.78, 5) is 15.7. The fourth-order valence-electron chi connectivity index (χ4n) is 1.45. The Hall–Kier alpha value is -1.23. The van der Waals surface area contributed by atoms with Crippen LogP contribution in [0.3, 0.4) is 0 Å². The highest BCUT2D eigenvalue weighted by Gasteiger charge is 2.10. The molecule has 0 spiro atoms. The molecule has 0 fully saturated rings. The van der Waals surface area contributed by atoms with Crippen LogP contribution in [0.1, 0.15) is 26.1 Å². The molecule has 1 rings (SSSR count). The first-order valence-electron chi connectivity index (χ1n) is 5.66. The molecule has 1 aromatic heterocycles.